The zero-order valence-electron chi connectivity index (χ0n) is 73.8. The van der Waals surface area contributed by atoms with Gasteiger partial charge in [0.1, 0.15) is 22.4 Å². The van der Waals surface area contributed by atoms with Gasteiger partial charge < -0.3 is 81.3 Å². The number of rotatable bonds is 16. The van der Waals surface area contributed by atoms with Crippen LogP contribution in [-0.2, 0) is 54.7 Å². The molecular formula is C84H109BBr4Cl4N12NaO21. The van der Waals surface area contributed by atoms with Crippen LogP contribution < -0.4 is 62.4 Å². The Morgan fingerprint density at radius 2 is 0.724 bits per heavy atom. The fourth-order valence-corrected chi connectivity index (χ4v) is 16.0. The van der Waals surface area contributed by atoms with Gasteiger partial charge in [-0.25, -0.2) is 39.1 Å². The molecule has 127 heavy (non-hydrogen) atoms. The molecule has 0 unspecified atom stereocenters. The Hall–Kier alpha value is -5.83. The maximum atomic E-state index is 12.8. The number of benzene rings is 4. The third-order valence-corrected chi connectivity index (χ3v) is 24.6. The van der Waals surface area contributed by atoms with Crippen LogP contribution in [0.3, 0.4) is 0 Å². The molecule has 33 nitrogen and oxygen atoms in total. The van der Waals surface area contributed by atoms with Gasteiger partial charge in [-0.1, -0.05) is 46.4 Å². The number of aliphatic hydroxyl groups is 7. The largest absolute Gasteiger partial charge is 1.00 e. The molecule has 12 rings (SSSR count). The summed E-state index contributed by atoms with van der Waals surface area (Å²) < 4.78 is 32.6. The normalized spacial score (nSPS) is 19.8. The summed E-state index contributed by atoms with van der Waals surface area (Å²) in [6.07, 6.45) is 3.51. The first kappa shape index (κ1) is 110. The maximum Gasteiger partial charge on any atom is 1.00 e. The van der Waals surface area contributed by atoms with Crippen molar-refractivity contribution < 1.29 is 114 Å². The second kappa shape index (κ2) is 48.7. The molecule has 0 saturated carbocycles. The molecule has 4 aliphatic rings. The number of piperidine rings is 4. The molecule has 4 saturated heterocycles. The topological polar surface area (TPSA) is 443 Å². The first-order chi connectivity index (χ1) is 58.3. The van der Waals surface area contributed by atoms with Crippen molar-refractivity contribution in [2.24, 2.45) is 0 Å². The Kier molecular flexibility index (Phi) is 42.2. The predicted octanol–water partition coefficient (Wildman–Crippen LogP) is 9.82. The minimum atomic E-state index is -1.06. The number of nitrogens with zero attached hydrogens (tertiary/aromatic N) is 10. The summed E-state index contributed by atoms with van der Waals surface area (Å²) in [5.41, 5.74) is -1.87. The number of halogens is 8. The summed E-state index contributed by atoms with van der Waals surface area (Å²) in [4.78, 5) is 130. The molecule has 0 spiro atoms. The van der Waals surface area contributed by atoms with Gasteiger partial charge in [-0.2, -0.15) is 0 Å². The summed E-state index contributed by atoms with van der Waals surface area (Å²) in [5.74, 6) is -0.125. The van der Waals surface area contributed by atoms with Crippen LogP contribution >= 0.6 is 110 Å². The number of likely N-dealkylation sites (tertiary alicyclic amines) is 2. The molecular weight excluding hydrogens is 2010 g/mol. The number of ketones is 1. The van der Waals surface area contributed by atoms with E-state index in [2.05, 4.69) is 99.0 Å². The zero-order valence-corrected chi connectivity index (χ0v) is 84.2. The molecule has 8 heterocycles. The van der Waals surface area contributed by atoms with Crippen molar-refractivity contribution in [3.63, 3.8) is 0 Å². The molecule has 4 aromatic heterocycles. The Morgan fingerprint density at radius 3 is 1.03 bits per heavy atom. The summed E-state index contributed by atoms with van der Waals surface area (Å²) in [6, 6.07) is 11.3. The second-order valence-electron chi connectivity index (χ2n) is 34.8. The summed E-state index contributed by atoms with van der Waals surface area (Å²) in [7, 11) is 0. The van der Waals surface area contributed by atoms with E-state index in [1.807, 2.05) is 0 Å². The number of fused-ring (bicyclic) bond motifs is 4. The monoisotopic (exact) mass is 2110 g/mol. The van der Waals surface area contributed by atoms with Crippen LogP contribution in [0.15, 0.2) is 111 Å². The third-order valence-electron chi connectivity index (χ3n) is 19.8. The van der Waals surface area contributed by atoms with Gasteiger partial charge in [-0.15, -0.1) is 0 Å². The predicted molar refractivity (Wildman–Crippen MR) is 495 cm³/mol. The average Bonchev–Trinajstić information content (AvgIpc) is 0.804. The molecule has 691 valence electrons. The fraction of sp³-hybridized carbons (Fsp3) is 0.560. The van der Waals surface area contributed by atoms with Crippen LogP contribution in [0, 0.1) is 0 Å². The van der Waals surface area contributed by atoms with Crippen molar-refractivity contribution >= 4 is 192 Å². The number of carbonyl (C=O) groups excluding carboxylic acids is 5. The summed E-state index contributed by atoms with van der Waals surface area (Å²) in [5, 5.41) is 82.0. The first-order valence-corrected chi connectivity index (χ1v) is 45.3. The number of hydrogen-bond donors (Lipinski definition) is 9. The number of ether oxygens (including phenoxy) is 5. The van der Waals surface area contributed by atoms with Crippen molar-refractivity contribution in [2.45, 2.75) is 276 Å². The average molecular weight is 2120 g/mol. The van der Waals surface area contributed by atoms with Crippen molar-refractivity contribution in [1.29, 1.82) is 0 Å². The SMILES string of the molecule is CC(C)(C)OC(=O)N1CCC[C@H](O)[C@H]1C[C@@H](O)Cn1cnc2cc(Br)c(Cl)cc2c1=O.CC(C)(C)OC(=O)N1CCC[C@H](O)[C@H]1C[C@H](O)Cn1cnc2cc(Br)c(Cl)cc2c1=O.CC(C)(C)OC(=O)OC(=O)OC(C)(C)C.O=C(C[C@H]1NCCC[C@@H]1O)Cn1cnc2cc(Br)c(Cl)cc2c1=O.O=c1c2cc(Cl)c(Br)cc2ncn1C[C@H](O)C[C@H]1NCCC[C@@H]1O.[B].[H-].[Na+]. The molecule has 3 radical (unpaired) electrons. The van der Waals surface area contributed by atoms with E-state index >= 15 is 0 Å². The minimum Gasteiger partial charge on any atom is -1.00 e. The van der Waals surface area contributed by atoms with E-state index in [4.69, 9.17) is 65.4 Å². The Morgan fingerprint density at radius 1 is 0.441 bits per heavy atom. The molecule has 8 aromatic rings. The van der Waals surface area contributed by atoms with Gasteiger partial charge in [0.15, 0.2) is 5.78 Å². The number of nitrogens with one attached hydrogen (secondary N) is 2. The molecule has 0 aliphatic carbocycles. The molecule has 4 fully saturated rings. The first-order valence-electron chi connectivity index (χ1n) is 40.6. The molecule has 43 heteroatoms. The van der Waals surface area contributed by atoms with Crippen LogP contribution in [0.25, 0.3) is 43.6 Å². The fourth-order valence-electron chi connectivity index (χ4n) is 14.0. The number of aromatic nitrogens is 8. The Balaban J connectivity index is 0.000000287. The van der Waals surface area contributed by atoms with E-state index in [-0.39, 0.29) is 125 Å². The van der Waals surface area contributed by atoms with Crippen molar-refractivity contribution in [1.82, 2.24) is 58.6 Å². The molecule has 9 N–H and O–H groups in total. The van der Waals surface area contributed by atoms with Gasteiger partial charge in [0.05, 0.1) is 170 Å². The van der Waals surface area contributed by atoms with Crippen LogP contribution in [0.1, 0.15) is 162 Å². The van der Waals surface area contributed by atoms with E-state index in [1.54, 1.807) is 119 Å². The van der Waals surface area contributed by atoms with Crippen LogP contribution in [0.4, 0.5) is 19.2 Å². The maximum absolute atomic E-state index is 12.8. The minimum absolute atomic E-state index is 0. The van der Waals surface area contributed by atoms with Gasteiger partial charge in [-0.3, -0.25) is 42.2 Å². The van der Waals surface area contributed by atoms with Crippen LogP contribution in [0.2, 0.25) is 20.1 Å². The third kappa shape index (κ3) is 33.4. The van der Waals surface area contributed by atoms with Gasteiger partial charge in [0.25, 0.3) is 22.2 Å². The zero-order chi connectivity index (χ0) is 92.7. The standard InChI is InChI=1S/2C21H27BrClN3O5.C16H19BrClN3O3.C16H17BrClN3O3.C10H18O5.B.Na.H/c2*1-21(2,3)31-20(30)26-6-4-5-18(28)17(26)7-12(27)10-25-11-24-16-9-14(22)15(23)8-13(16)19(25)29;2*17-11-6-13-10(5-12(11)18)16(24)21(8-20-13)7-9(22)4-14-15(23)2-1-3-19-14;1-9(2,3)14-7(11)13-8(12)15-10(4,5)6;;;/h2*8-9,11-12,17-18,27-28H,4-7,10H2,1-3H3;5-6,8-9,14-15,19,22-23H,1-4,7H2;5-6,8,14-15,19,23H,1-4,7H2;1-6H3;;;/q;;;;;;+1;-1/t12-,17+,18-;12-,17-,18+;9-,14-,15+;14-,15+;;;;/m0111..../s1. The van der Waals surface area contributed by atoms with E-state index in [1.165, 1.54) is 65.5 Å². The van der Waals surface area contributed by atoms with E-state index in [0.717, 1.165) is 32.4 Å². The molecule has 0 bridgehead atoms. The van der Waals surface area contributed by atoms with Crippen molar-refractivity contribution in [3.05, 3.63) is 153 Å². The summed E-state index contributed by atoms with van der Waals surface area (Å²) in [6.45, 7) is 23.2. The van der Waals surface area contributed by atoms with Gasteiger partial charge in [0.2, 0.25) is 0 Å². The van der Waals surface area contributed by atoms with Crippen molar-refractivity contribution in [3.8, 4) is 0 Å². The molecule has 2 amide bonds. The van der Waals surface area contributed by atoms with Gasteiger partial charge in [0, 0.05) is 57.9 Å². The number of hydrogen-bond acceptors (Lipinski definition) is 27. The second-order valence-corrected chi connectivity index (χ2v) is 39.8. The smallest absolute Gasteiger partial charge is 1.00 e. The van der Waals surface area contributed by atoms with E-state index in [0.29, 0.717) is 133 Å². The van der Waals surface area contributed by atoms with Gasteiger partial charge in [-0.05, 0) is 279 Å². The Labute approximate surface area is 813 Å². The van der Waals surface area contributed by atoms with Crippen LogP contribution in [-0.4, -0.2) is 238 Å². The molecule has 11 atom stereocenters. The number of carbonyl (C=O) groups is 5. The van der Waals surface area contributed by atoms with E-state index < -0.39 is 102 Å². The van der Waals surface area contributed by atoms with E-state index in [9.17, 15) is 78.9 Å². The molecule has 4 aromatic carbocycles. The molecule has 4 aliphatic heterocycles. The summed E-state index contributed by atoms with van der Waals surface area (Å²) >= 11 is 37.5. The van der Waals surface area contributed by atoms with Gasteiger partial charge >= 0.3 is 54.1 Å². The van der Waals surface area contributed by atoms with Crippen molar-refractivity contribution in [2.75, 3.05) is 26.2 Å². The number of aliphatic hydroxyl groups excluding tert-OH is 7. The number of amides is 2. The number of Topliss-reactive ketones (excluding diaryl/α,β-unsaturated/α-hetero) is 1. The Bertz CT molecular complexity index is 5230. The quantitative estimate of drug-likeness (QED) is 0.0188. The van der Waals surface area contributed by atoms with Crippen LogP contribution in [0.5, 0.6) is 0 Å².